The molecule has 158 valence electrons. The molecule has 29 heavy (non-hydrogen) atoms. The average Bonchev–Trinajstić information content (AvgIpc) is 2.65. The number of hydrogen-bond donors (Lipinski definition) is 2. The van der Waals surface area contributed by atoms with E-state index in [0.717, 1.165) is 23.4 Å². The van der Waals surface area contributed by atoms with Crippen LogP contribution in [0, 0.1) is 5.92 Å². The molecule has 0 saturated heterocycles. The molecular weight excluding hydrogens is 388 g/mol. The smallest absolute Gasteiger partial charge is 0.224 e. The number of hydrogen-bond acceptors (Lipinski definition) is 4. The van der Waals surface area contributed by atoms with Gasteiger partial charge in [0, 0.05) is 24.3 Å². The molecule has 2 aromatic rings. The molecule has 5 nitrogen and oxygen atoms in total. The lowest BCUT2D eigenvalue weighted by molar-refractivity contribution is -0.116. The summed E-state index contributed by atoms with van der Waals surface area (Å²) in [5.41, 5.74) is 2.67. The van der Waals surface area contributed by atoms with Gasteiger partial charge in [0.2, 0.25) is 5.91 Å². The SMILES string of the molecule is CCCOc1c(Cl)cc(CNc2cccc(NC(=O)CC(C)C)c2)cc1OCC. The van der Waals surface area contributed by atoms with Crippen LogP contribution in [0.1, 0.15) is 46.1 Å². The van der Waals surface area contributed by atoms with E-state index < -0.39 is 0 Å². The molecule has 0 atom stereocenters. The summed E-state index contributed by atoms with van der Waals surface area (Å²) in [5.74, 6) is 1.59. The fraction of sp³-hybridized carbons (Fsp3) is 0.435. The zero-order chi connectivity index (χ0) is 21.2. The zero-order valence-corrected chi connectivity index (χ0v) is 18.4. The first kappa shape index (κ1) is 22.9. The Morgan fingerprint density at radius 3 is 2.55 bits per heavy atom. The summed E-state index contributed by atoms with van der Waals surface area (Å²) in [6, 6.07) is 11.5. The van der Waals surface area contributed by atoms with Crippen LogP contribution in [0.2, 0.25) is 5.02 Å². The van der Waals surface area contributed by atoms with E-state index in [1.807, 2.05) is 64.1 Å². The second kappa shape index (κ2) is 11.6. The minimum absolute atomic E-state index is 0.0213. The van der Waals surface area contributed by atoms with Crippen LogP contribution in [0.5, 0.6) is 11.5 Å². The van der Waals surface area contributed by atoms with Crippen LogP contribution in [0.25, 0.3) is 0 Å². The van der Waals surface area contributed by atoms with Gasteiger partial charge in [0.15, 0.2) is 11.5 Å². The number of amides is 1. The van der Waals surface area contributed by atoms with Crippen molar-refractivity contribution in [1.29, 1.82) is 0 Å². The first-order valence-corrected chi connectivity index (χ1v) is 10.5. The van der Waals surface area contributed by atoms with Crippen molar-refractivity contribution < 1.29 is 14.3 Å². The van der Waals surface area contributed by atoms with Crippen LogP contribution < -0.4 is 20.1 Å². The second-order valence-corrected chi connectivity index (χ2v) is 7.67. The number of ether oxygens (including phenoxy) is 2. The van der Waals surface area contributed by atoms with Gasteiger partial charge in [-0.3, -0.25) is 4.79 Å². The van der Waals surface area contributed by atoms with E-state index in [0.29, 0.717) is 48.6 Å². The van der Waals surface area contributed by atoms with Gasteiger partial charge in [-0.2, -0.15) is 0 Å². The average molecular weight is 419 g/mol. The van der Waals surface area contributed by atoms with Gasteiger partial charge >= 0.3 is 0 Å². The van der Waals surface area contributed by atoms with Crippen molar-refractivity contribution in [3.8, 4) is 11.5 Å². The predicted octanol–water partition coefficient (Wildman–Crippen LogP) is 6.12. The zero-order valence-electron chi connectivity index (χ0n) is 17.7. The summed E-state index contributed by atoms with van der Waals surface area (Å²) in [6.45, 7) is 9.72. The molecule has 6 heteroatoms. The fourth-order valence-electron chi connectivity index (χ4n) is 2.82. The second-order valence-electron chi connectivity index (χ2n) is 7.27. The van der Waals surface area contributed by atoms with Crippen molar-refractivity contribution in [2.24, 2.45) is 5.92 Å². The summed E-state index contributed by atoms with van der Waals surface area (Å²) >= 11 is 6.43. The maximum absolute atomic E-state index is 12.0. The van der Waals surface area contributed by atoms with E-state index >= 15 is 0 Å². The van der Waals surface area contributed by atoms with Crippen LogP contribution in [0.15, 0.2) is 36.4 Å². The van der Waals surface area contributed by atoms with Crippen LogP contribution in [0.3, 0.4) is 0 Å². The van der Waals surface area contributed by atoms with Crippen LogP contribution in [0.4, 0.5) is 11.4 Å². The maximum Gasteiger partial charge on any atom is 0.224 e. The summed E-state index contributed by atoms with van der Waals surface area (Å²) in [4.78, 5) is 12.0. The van der Waals surface area contributed by atoms with Gasteiger partial charge in [0.05, 0.1) is 18.2 Å². The highest BCUT2D eigenvalue weighted by molar-refractivity contribution is 6.32. The summed E-state index contributed by atoms with van der Waals surface area (Å²) < 4.78 is 11.5. The lowest BCUT2D eigenvalue weighted by Crippen LogP contribution is -2.13. The number of carbonyl (C=O) groups excluding carboxylic acids is 1. The molecule has 0 unspecified atom stereocenters. The Labute approximate surface area is 178 Å². The van der Waals surface area contributed by atoms with Gasteiger partial charge in [-0.25, -0.2) is 0 Å². The molecule has 2 N–H and O–H groups in total. The van der Waals surface area contributed by atoms with Gasteiger partial charge in [-0.05, 0) is 55.2 Å². The van der Waals surface area contributed by atoms with E-state index in [9.17, 15) is 4.79 Å². The Morgan fingerprint density at radius 1 is 1.10 bits per heavy atom. The minimum Gasteiger partial charge on any atom is -0.490 e. The van der Waals surface area contributed by atoms with Crippen molar-refractivity contribution in [3.05, 3.63) is 47.0 Å². The Bertz CT molecular complexity index is 809. The van der Waals surface area contributed by atoms with E-state index in [-0.39, 0.29) is 5.91 Å². The topological polar surface area (TPSA) is 59.6 Å². The number of carbonyl (C=O) groups is 1. The Morgan fingerprint density at radius 2 is 1.86 bits per heavy atom. The van der Waals surface area contributed by atoms with Gasteiger partial charge in [0.1, 0.15) is 0 Å². The highest BCUT2D eigenvalue weighted by Crippen LogP contribution is 2.37. The van der Waals surface area contributed by atoms with Gasteiger partial charge in [-0.1, -0.05) is 38.4 Å². The van der Waals surface area contributed by atoms with Crippen LogP contribution in [-0.4, -0.2) is 19.1 Å². The Kier molecular flexibility index (Phi) is 9.13. The molecule has 0 aliphatic carbocycles. The number of anilines is 2. The standard InChI is InChI=1S/C23H31ClN2O3/c1-5-10-29-23-20(24)12-17(13-21(23)28-6-2)15-25-18-8-7-9-19(14-18)26-22(27)11-16(3)4/h7-9,12-14,16,25H,5-6,10-11,15H2,1-4H3,(H,26,27). The summed E-state index contributed by atoms with van der Waals surface area (Å²) in [5, 5.41) is 6.84. The van der Waals surface area contributed by atoms with Gasteiger partial charge < -0.3 is 20.1 Å². The van der Waals surface area contributed by atoms with Crippen LogP contribution in [-0.2, 0) is 11.3 Å². The van der Waals surface area contributed by atoms with Gasteiger partial charge in [-0.15, -0.1) is 0 Å². The Hall–Kier alpha value is -2.40. The molecule has 0 fully saturated rings. The van der Waals surface area contributed by atoms with E-state index in [2.05, 4.69) is 10.6 Å². The molecular formula is C23H31ClN2O3. The molecule has 0 saturated carbocycles. The van der Waals surface area contributed by atoms with Crippen molar-refractivity contribution >= 4 is 28.9 Å². The summed E-state index contributed by atoms with van der Waals surface area (Å²) in [6.07, 6.45) is 1.40. The molecule has 0 radical (unpaired) electrons. The van der Waals surface area contributed by atoms with E-state index in [1.165, 1.54) is 0 Å². The normalized spacial score (nSPS) is 10.7. The van der Waals surface area contributed by atoms with E-state index in [1.54, 1.807) is 0 Å². The molecule has 1 amide bonds. The molecule has 2 aromatic carbocycles. The highest BCUT2D eigenvalue weighted by atomic mass is 35.5. The first-order chi connectivity index (χ1) is 13.9. The van der Waals surface area contributed by atoms with Crippen molar-refractivity contribution in [1.82, 2.24) is 0 Å². The number of nitrogens with one attached hydrogen (secondary N) is 2. The third kappa shape index (κ3) is 7.50. The maximum atomic E-state index is 12.0. The molecule has 0 aliphatic heterocycles. The molecule has 0 aromatic heterocycles. The largest absolute Gasteiger partial charge is 0.490 e. The van der Waals surface area contributed by atoms with Crippen LogP contribution >= 0.6 is 11.6 Å². The first-order valence-electron chi connectivity index (χ1n) is 10.1. The number of rotatable bonds is 11. The molecule has 0 spiro atoms. The third-order valence-electron chi connectivity index (χ3n) is 4.06. The third-order valence-corrected chi connectivity index (χ3v) is 4.34. The molecule has 0 aliphatic rings. The molecule has 0 heterocycles. The monoisotopic (exact) mass is 418 g/mol. The minimum atomic E-state index is 0.0213. The lowest BCUT2D eigenvalue weighted by Gasteiger charge is -2.16. The summed E-state index contributed by atoms with van der Waals surface area (Å²) in [7, 11) is 0. The molecule has 2 rings (SSSR count). The fourth-order valence-corrected chi connectivity index (χ4v) is 3.11. The number of halogens is 1. The highest BCUT2D eigenvalue weighted by Gasteiger charge is 2.13. The Balaban J connectivity index is 2.07. The van der Waals surface area contributed by atoms with Crippen molar-refractivity contribution in [3.63, 3.8) is 0 Å². The number of benzene rings is 2. The van der Waals surface area contributed by atoms with Crippen molar-refractivity contribution in [2.45, 2.75) is 47.1 Å². The lowest BCUT2D eigenvalue weighted by atomic mass is 10.1. The predicted molar refractivity (Wildman–Crippen MR) is 120 cm³/mol. The molecule has 0 bridgehead atoms. The van der Waals surface area contributed by atoms with Crippen molar-refractivity contribution in [2.75, 3.05) is 23.8 Å². The van der Waals surface area contributed by atoms with Gasteiger partial charge in [0.25, 0.3) is 0 Å². The quantitative estimate of drug-likeness (QED) is 0.461. The van der Waals surface area contributed by atoms with E-state index in [4.69, 9.17) is 21.1 Å².